The van der Waals surface area contributed by atoms with E-state index in [9.17, 15) is 4.79 Å². The molecule has 0 spiro atoms. The van der Waals surface area contributed by atoms with Crippen molar-refractivity contribution in [3.63, 3.8) is 0 Å². The first-order valence-corrected chi connectivity index (χ1v) is 12.6. The molecular formula is C25H24Cl3NOS. The number of carbonyl (C=O) groups excluding carboxylic acids is 1. The van der Waals surface area contributed by atoms with Crippen LogP contribution in [-0.4, -0.2) is 5.91 Å². The number of hydrogen-bond acceptors (Lipinski definition) is 2. The Kier molecular flexibility index (Phi) is 7.60. The van der Waals surface area contributed by atoms with Crippen LogP contribution in [0.1, 0.15) is 43.4 Å². The van der Waals surface area contributed by atoms with Crippen molar-refractivity contribution in [2.75, 3.05) is 0 Å². The highest BCUT2D eigenvalue weighted by molar-refractivity contribution is 7.16. The second-order valence-electron chi connectivity index (χ2n) is 7.99. The normalized spacial score (nSPS) is 14.9. The van der Waals surface area contributed by atoms with Gasteiger partial charge in [0.15, 0.2) is 0 Å². The summed E-state index contributed by atoms with van der Waals surface area (Å²) in [4.78, 5) is 14.9. The van der Waals surface area contributed by atoms with E-state index in [1.165, 1.54) is 12.8 Å². The maximum Gasteiger partial charge on any atom is 0.223 e. The first-order valence-electron chi connectivity index (χ1n) is 10.6. The molecule has 0 unspecified atom stereocenters. The number of benzene rings is 2. The molecule has 1 aromatic heterocycles. The molecule has 1 amide bonds. The maximum absolute atomic E-state index is 12.7. The number of thiophene rings is 1. The Morgan fingerprint density at radius 3 is 2.23 bits per heavy atom. The molecule has 0 saturated heterocycles. The molecule has 162 valence electrons. The van der Waals surface area contributed by atoms with Crippen LogP contribution in [0.15, 0.2) is 48.5 Å². The first kappa shape index (κ1) is 22.7. The van der Waals surface area contributed by atoms with Gasteiger partial charge < -0.3 is 5.32 Å². The van der Waals surface area contributed by atoms with Crippen molar-refractivity contribution in [3.8, 4) is 21.6 Å². The van der Waals surface area contributed by atoms with Crippen LogP contribution in [0.4, 0.5) is 0 Å². The predicted octanol–water partition coefficient (Wildman–Crippen LogP) is 8.63. The Balaban J connectivity index is 1.61. The second kappa shape index (κ2) is 10.4. The van der Waals surface area contributed by atoms with E-state index in [-0.39, 0.29) is 11.8 Å². The summed E-state index contributed by atoms with van der Waals surface area (Å²) >= 11 is 20.4. The lowest BCUT2D eigenvalue weighted by atomic mass is 9.99. The molecule has 1 fully saturated rings. The first-order chi connectivity index (χ1) is 15.0. The van der Waals surface area contributed by atoms with Crippen LogP contribution >= 0.6 is 46.1 Å². The Hall–Kier alpha value is -1.52. The minimum atomic E-state index is 0.142. The Labute approximate surface area is 202 Å². The van der Waals surface area contributed by atoms with Crippen molar-refractivity contribution in [2.24, 2.45) is 5.92 Å². The highest BCUT2D eigenvalue weighted by Gasteiger charge is 2.21. The van der Waals surface area contributed by atoms with E-state index in [0.29, 0.717) is 21.6 Å². The maximum atomic E-state index is 12.7. The fourth-order valence-corrected chi connectivity index (χ4v) is 5.87. The molecule has 1 aliphatic carbocycles. The van der Waals surface area contributed by atoms with Gasteiger partial charge in [-0.05, 0) is 48.7 Å². The molecule has 31 heavy (non-hydrogen) atoms. The Morgan fingerprint density at radius 1 is 0.871 bits per heavy atom. The lowest BCUT2D eigenvalue weighted by molar-refractivity contribution is -0.125. The third kappa shape index (κ3) is 5.64. The van der Waals surface area contributed by atoms with Crippen LogP contribution in [0.2, 0.25) is 15.1 Å². The number of carbonyl (C=O) groups is 1. The smallest absolute Gasteiger partial charge is 0.223 e. The SMILES string of the molecule is O=C(NCc1cc(-c2ccc(Cl)cc2Cl)c(-c2ccc(Cl)cc2)s1)C1CCCCCC1. The fourth-order valence-electron chi connectivity index (χ4n) is 4.11. The molecule has 6 heteroatoms. The van der Waals surface area contributed by atoms with Gasteiger partial charge in [-0.3, -0.25) is 4.79 Å². The van der Waals surface area contributed by atoms with E-state index in [1.807, 2.05) is 36.4 Å². The van der Waals surface area contributed by atoms with Crippen LogP contribution in [0.3, 0.4) is 0 Å². The molecule has 2 nitrogen and oxygen atoms in total. The number of rotatable bonds is 5. The predicted molar refractivity (Wildman–Crippen MR) is 133 cm³/mol. The minimum absolute atomic E-state index is 0.142. The monoisotopic (exact) mass is 491 g/mol. The molecule has 2 aromatic carbocycles. The molecule has 1 N–H and O–H groups in total. The number of nitrogens with one attached hydrogen (secondary N) is 1. The van der Waals surface area contributed by atoms with Gasteiger partial charge >= 0.3 is 0 Å². The van der Waals surface area contributed by atoms with E-state index >= 15 is 0 Å². The summed E-state index contributed by atoms with van der Waals surface area (Å²) in [6.07, 6.45) is 6.78. The topological polar surface area (TPSA) is 29.1 Å². The van der Waals surface area contributed by atoms with Gasteiger partial charge in [0.25, 0.3) is 0 Å². The molecule has 0 atom stereocenters. The van der Waals surface area contributed by atoms with Crippen LogP contribution in [0.5, 0.6) is 0 Å². The van der Waals surface area contributed by atoms with Gasteiger partial charge in [-0.2, -0.15) is 0 Å². The summed E-state index contributed by atoms with van der Waals surface area (Å²) in [5.41, 5.74) is 3.03. The molecule has 3 aromatic rings. The van der Waals surface area contributed by atoms with Gasteiger partial charge in [0.1, 0.15) is 0 Å². The summed E-state index contributed by atoms with van der Waals surface area (Å²) in [6, 6.07) is 15.5. The van der Waals surface area contributed by atoms with Crippen molar-refractivity contribution < 1.29 is 4.79 Å². The molecular weight excluding hydrogens is 469 g/mol. The standard InChI is InChI=1S/C25H24Cl3NOS/c26-18-9-7-16(8-10-18)24-22(21-12-11-19(27)13-23(21)28)14-20(31-24)15-29-25(30)17-5-3-1-2-4-6-17/h7-14,17H,1-6,15H2,(H,29,30). The van der Waals surface area contributed by atoms with Crippen LogP contribution in [-0.2, 0) is 11.3 Å². The van der Waals surface area contributed by atoms with Crippen LogP contribution < -0.4 is 5.32 Å². The highest BCUT2D eigenvalue weighted by Crippen LogP contribution is 2.42. The quantitative estimate of drug-likeness (QED) is 0.355. The summed E-state index contributed by atoms with van der Waals surface area (Å²) in [7, 11) is 0. The van der Waals surface area contributed by atoms with E-state index in [2.05, 4.69) is 11.4 Å². The van der Waals surface area contributed by atoms with Crippen molar-refractivity contribution in [2.45, 2.75) is 45.1 Å². The number of halogens is 3. The lowest BCUT2D eigenvalue weighted by Crippen LogP contribution is -2.29. The zero-order valence-corrected chi connectivity index (χ0v) is 20.2. The Morgan fingerprint density at radius 2 is 1.55 bits per heavy atom. The molecule has 1 heterocycles. The van der Waals surface area contributed by atoms with Crippen molar-refractivity contribution >= 4 is 52.0 Å². The molecule has 4 rings (SSSR count). The van der Waals surface area contributed by atoms with Crippen LogP contribution in [0, 0.1) is 5.92 Å². The summed E-state index contributed by atoms with van der Waals surface area (Å²) in [6.45, 7) is 0.520. The summed E-state index contributed by atoms with van der Waals surface area (Å²) in [5, 5.41) is 5.08. The second-order valence-corrected chi connectivity index (χ2v) is 10.4. The van der Waals surface area contributed by atoms with E-state index in [1.54, 1.807) is 17.4 Å². The number of hydrogen-bond donors (Lipinski definition) is 1. The van der Waals surface area contributed by atoms with Gasteiger partial charge in [-0.15, -0.1) is 11.3 Å². The van der Waals surface area contributed by atoms with Gasteiger partial charge in [0.05, 0.1) is 6.54 Å². The average Bonchev–Trinajstić information content (AvgIpc) is 2.98. The van der Waals surface area contributed by atoms with E-state index in [4.69, 9.17) is 34.8 Å². The average molecular weight is 493 g/mol. The van der Waals surface area contributed by atoms with E-state index in [0.717, 1.165) is 52.1 Å². The molecule has 0 aliphatic heterocycles. The van der Waals surface area contributed by atoms with Crippen molar-refractivity contribution in [1.29, 1.82) is 0 Å². The van der Waals surface area contributed by atoms with Gasteiger partial charge in [-0.1, -0.05) is 78.7 Å². The summed E-state index contributed by atoms with van der Waals surface area (Å²) < 4.78 is 0. The van der Waals surface area contributed by atoms with Gasteiger partial charge in [0.2, 0.25) is 5.91 Å². The lowest BCUT2D eigenvalue weighted by Gasteiger charge is -2.13. The molecule has 1 saturated carbocycles. The van der Waals surface area contributed by atoms with Gasteiger partial charge in [-0.25, -0.2) is 0 Å². The fraction of sp³-hybridized carbons (Fsp3) is 0.320. The van der Waals surface area contributed by atoms with Crippen molar-refractivity contribution in [1.82, 2.24) is 5.32 Å². The highest BCUT2D eigenvalue weighted by atomic mass is 35.5. The zero-order chi connectivity index (χ0) is 21.8. The van der Waals surface area contributed by atoms with Gasteiger partial charge in [0, 0.05) is 41.9 Å². The minimum Gasteiger partial charge on any atom is -0.351 e. The third-order valence-electron chi connectivity index (χ3n) is 5.77. The number of amides is 1. The molecule has 0 bridgehead atoms. The third-order valence-corrected chi connectivity index (χ3v) is 7.76. The van der Waals surface area contributed by atoms with E-state index < -0.39 is 0 Å². The summed E-state index contributed by atoms with van der Waals surface area (Å²) in [5.74, 6) is 0.317. The molecule has 1 aliphatic rings. The Bertz CT molecular complexity index is 1050. The largest absolute Gasteiger partial charge is 0.351 e. The molecule has 0 radical (unpaired) electrons. The van der Waals surface area contributed by atoms with Crippen LogP contribution in [0.25, 0.3) is 21.6 Å². The van der Waals surface area contributed by atoms with Crippen molar-refractivity contribution in [3.05, 3.63) is 68.5 Å². The zero-order valence-electron chi connectivity index (χ0n) is 17.1.